The first kappa shape index (κ1) is 40.6. The van der Waals surface area contributed by atoms with Crippen molar-refractivity contribution in [2.45, 2.75) is 54.9 Å². The quantitative estimate of drug-likeness (QED) is 0.106. The monoisotopic (exact) mass is 866 g/mol. The number of hydrogen-bond donors (Lipinski definition) is 15. The first-order valence-corrected chi connectivity index (χ1v) is 19.3. The summed E-state index contributed by atoms with van der Waals surface area (Å²) < 4.78 is 18.5. The van der Waals surface area contributed by atoms with E-state index < -0.39 is 129 Å². The second-order valence-corrected chi connectivity index (χ2v) is 15.7. The van der Waals surface area contributed by atoms with E-state index in [1.807, 2.05) is 0 Å². The maximum absolute atomic E-state index is 12.3. The lowest BCUT2D eigenvalue weighted by molar-refractivity contribution is -0.00377. The summed E-state index contributed by atoms with van der Waals surface area (Å²) in [6.07, 6.45) is -9.76. The van der Waals surface area contributed by atoms with Crippen LogP contribution in [0.1, 0.15) is 74.7 Å². The SMILES string of the molecule is Oc1cc(O)c2c(c1)O[C@H](c1ccc(O)c(O)c1)[C@H](O)[C@@H]2c1c(O)cc(O)c2c1O[C@H](c1ccc(O)c(O)c1)[C@H](O)[C@H]2c1c(O)cc2c(c1O)C[C@H](O)[C@@H](c1ccc(O)c(O)c1)O2. The normalized spacial score (nSPS) is 23.6. The lowest BCUT2D eigenvalue weighted by Crippen LogP contribution is -2.38. The van der Waals surface area contributed by atoms with Crippen LogP contribution >= 0.6 is 0 Å². The molecule has 6 aromatic rings. The largest absolute Gasteiger partial charge is 0.508 e. The van der Waals surface area contributed by atoms with Crippen molar-refractivity contribution in [2.24, 2.45) is 0 Å². The Balaban J connectivity index is 1.26. The van der Waals surface area contributed by atoms with Gasteiger partial charge in [0.2, 0.25) is 0 Å². The van der Waals surface area contributed by atoms with E-state index in [9.17, 15) is 76.6 Å². The zero-order chi connectivity index (χ0) is 44.9. The molecule has 0 amide bonds. The minimum atomic E-state index is -1.91. The molecule has 326 valence electrons. The van der Waals surface area contributed by atoms with Crippen LogP contribution in [0.15, 0.2) is 78.9 Å². The van der Waals surface area contributed by atoms with Crippen molar-refractivity contribution in [1.29, 1.82) is 0 Å². The number of phenols is 12. The van der Waals surface area contributed by atoms with Gasteiger partial charge in [0.1, 0.15) is 70.1 Å². The van der Waals surface area contributed by atoms with Gasteiger partial charge >= 0.3 is 0 Å². The van der Waals surface area contributed by atoms with Crippen molar-refractivity contribution in [3.63, 3.8) is 0 Å². The standard InChI is InChI=1S/C45H38O18/c46-18-10-26(53)33-32(11-18)62-43(16-2-5-21(48)24(51)8-16)40(59)37(33)35-27(54)13-28(55)36-38(41(60)44(63-45(35)36)17-3-6-22(49)25(52)9-17)34-29(56)14-31-19(39(34)58)12-30(57)42(61-31)15-1-4-20(47)23(50)7-15/h1-11,13-14,30,37-38,40-44,46-60H,12H2/t30-,37-,38-,40+,41+,42+,43+,44+/m0/s1. The fourth-order valence-electron chi connectivity index (χ4n) is 8.93. The summed E-state index contributed by atoms with van der Waals surface area (Å²) in [4.78, 5) is 0. The maximum Gasteiger partial charge on any atom is 0.157 e. The van der Waals surface area contributed by atoms with Crippen LogP contribution in [0.2, 0.25) is 0 Å². The Morgan fingerprint density at radius 2 is 0.825 bits per heavy atom. The van der Waals surface area contributed by atoms with Crippen LogP contribution in [-0.2, 0) is 6.42 Å². The molecule has 3 aliphatic rings. The molecule has 0 unspecified atom stereocenters. The first-order chi connectivity index (χ1) is 29.9. The minimum absolute atomic E-state index is 0.0175. The third kappa shape index (κ3) is 6.46. The topological polar surface area (TPSA) is 331 Å². The fraction of sp³-hybridized carbons (Fsp3) is 0.200. The molecule has 0 radical (unpaired) electrons. The number of hydrogen-bond acceptors (Lipinski definition) is 18. The Bertz CT molecular complexity index is 2840. The molecule has 8 atom stereocenters. The maximum atomic E-state index is 12.3. The number of fused-ring (bicyclic) bond motifs is 3. The molecule has 0 bridgehead atoms. The highest BCUT2D eigenvalue weighted by molar-refractivity contribution is 5.70. The highest BCUT2D eigenvalue weighted by Gasteiger charge is 2.50. The molecule has 3 aliphatic heterocycles. The smallest absolute Gasteiger partial charge is 0.157 e. The molecule has 9 rings (SSSR count). The second kappa shape index (κ2) is 14.7. The number of aliphatic hydroxyl groups excluding tert-OH is 3. The fourth-order valence-corrected chi connectivity index (χ4v) is 8.93. The van der Waals surface area contributed by atoms with Crippen molar-refractivity contribution >= 4 is 0 Å². The highest BCUT2D eigenvalue weighted by Crippen LogP contribution is 2.62. The van der Waals surface area contributed by atoms with Gasteiger partial charge in [0.15, 0.2) is 46.7 Å². The summed E-state index contributed by atoms with van der Waals surface area (Å²) in [6, 6.07) is 14.6. The van der Waals surface area contributed by atoms with Gasteiger partial charge in [-0.15, -0.1) is 0 Å². The van der Waals surface area contributed by atoms with Crippen LogP contribution < -0.4 is 14.2 Å². The predicted octanol–water partition coefficient (Wildman–Crippen LogP) is 4.44. The third-order valence-corrected chi connectivity index (χ3v) is 11.8. The summed E-state index contributed by atoms with van der Waals surface area (Å²) >= 11 is 0. The molecule has 0 aliphatic carbocycles. The van der Waals surface area contributed by atoms with Crippen LogP contribution in [0, 0.1) is 0 Å². The van der Waals surface area contributed by atoms with Crippen molar-refractivity contribution in [2.75, 3.05) is 0 Å². The Labute approximate surface area is 354 Å². The number of benzene rings is 6. The van der Waals surface area contributed by atoms with Gasteiger partial charge in [0.05, 0.1) is 17.9 Å². The van der Waals surface area contributed by atoms with E-state index in [1.165, 1.54) is 30.3 Å². The molecule has 63 heavy (non-hydrogen) atoms. The minimum Gasteiger partial charge on any atom is -0.508 e. The summed E-state index contributed by atoms with van der Waals surface area (Å²) in [5.41, 5.74) is -1.17. The van der Waals surface area contributed by atoms with Gasteiger partial charge in [-0.2, -0.15) is 0 Å². The molecule has 18 nitrogen and oxygen atoms in total. The Morgan fingerprint density at radius 3 is 1.35 bits per heavy atom. The molecule has 18 heteroatoms. The van der Waals surface area contributed by atoms with E-state index in [1.54, 1.807) is 0 Å². The van der Waals surface area contributed by atoms with Gasteiger partial charge in [-0.05, 0) is 53.1 Å². The number of rotatable bonds is 5. The third-order valence-electron chi connectivity index (χ3n) is 11.8. The second-order valence-electron chi connectivity index (χ2n) is 15.7. The van der Waals surface area contributed by atoms with Crippen LogP contribution in [0.3, 0.4) is 0 Å². The van der Waals surface area contributed by atoms with Gasteiger partial charge in [-0.1, -0.05) is 18.2 Å². The summed E-state index contributed by atoms with van der Waals surface area (Å²) in [5.74, 6) is -11.5. The van der Waals surface area contributed by atoms with Crippen molar-refractivity contribution in [3.05, 3.63) is 123 Å². The Morgan fingerprint density at radius 1 is 0.381 bits per heavy atom. The van der Waals surface area contributed by atoms with Crippen LogP contribution in [0.5, 0.6) is 86.2 Å². The molecular weight excluding hydrogens is 828 g/mol. The van der Waals surface area contributed by atoms with E-state index in [2.05, 4.69) is 0 Å². The molecule has 6 aromatic carbocycles. The molecule has 0 saturated carbocycles. The van der Waals surface area contributed by atoms with Gasteiger partial charge in [0.25, 0.3) is 0 Å². The molecule has 0 saturated heterocycles. The molecular formula is C45H38O18. The molecule has 0 fully saturated rings. The predicted molar refractivity (Wildman–Crippen MR) is 214 cm³/mol. The van der Waals surface area contributed by atoms with E-state index in [0.29, 0.717) is 0 Å². The lowest BCUT2D eigenvalue weighted by Gasteiger charge is -2.42. The lowest BCUT2D eigenvalue weighted by atomic mass is 9.73. The number of aromatic hydroxyl groups is 12. The van der Waals surface area contributed by atoms with Crippen LogP contribution in [0.4, 0.5) is 0 Å². The van der Waals surface area contributed by atoms with Crippen molar-refractivity contribution < 1.29 is 90.8 Å². The summed E-state index contributed by atoms with van der Waals surface area (Å²) in [5, 5.41) is 166. The summed E-state index contributed by atoms with van der Waals surface area (Å²) in [7, 11) is 0. The number of phenolic OH excluding ortho intramolecular Hbond substituents is 12. The van der Waals surface area contributed by atoms with E-state index >= 15 is 0 Å². The summed E-state index contributed by atoms with van der Waals surface area (Å²) in [6.45, 7) is 0. The molecule has 0 aromatic heterocycles. The number of ether oxygens (including phenoxy) is 3. The van der Waals surface area contributed by atoms with Gasteiger partial charge in [-0.25, -0.2) is 0 Å². The highest BCUT2D eigenvalue weighted by atomic mass is 16.5. The van der Waals surface area contributed by atoms with Gasteiger partial charge < -0.3 is 90.8 Å². The van der Waals surface area contributed by atoms with Crippen LogP contribution in [-0.4, -0.2) is 94.9 Å². The Hall–Kier alpha value is -7.80. The van der Waals surface area contributed by atoms with Crippen molar-refractivity contribution in [3.8, 4) is 86.2 Å². The van der Waals surface area contributed by atoms with E-state index in [0.717, 1.165) is 48.5 Å². The van der Waals surface area contributed by atoms with Crippen molar-refractivity contribution in [1.82, 2.24) is 0 Å². The zero-order valence-corrected chi connectivity index (χ0v) is 32.3. The first-order valence-electron chi connectivity index (χ1n) is 19.3. The molecule has 15 N–H and O–H groups in total. The average Bonchev–Trinajstić information content (AvgIpc) is 3.22. The zero-order valence-electron chi connectivity index (χ0n) is 32.3. The average molecular weight is 867 g/mol. The van der Waals surface area contributed by atoms with Crippen LogP contribution in [0.25, 0.3) is 0 Å². The molecule has 0 spiro atoms. The number of aliphatic hydroxyl groups is 3. The van der Waals surface area contributed by atoms with Gasteiger partial charge in [-0.3, -0.25) is 0 Å². The molecule has 3 heterocycles. The van der Waals surface area contributed by atoms with Gasteiger partial charge in [0, 0.05) is 58.5 Å². The Kier molecular flexibility index (Phi) is 9.46. The van der Waals surface area contributed by atoms with E-state index in [-0.39, 0.29) is 56.9 Å². The van der Waals surface area contributed by atoms with E-state index in [4.69, 9.17) is 14.2 Å².